The number of nitriles is 1. The first-order valence-electron chi connectivity index (χ1n) is 8.12. The summed E-state index contributed by atoms with van der Waals surface area (Å²) in [5, 5.41) is 14.6. The zero-order valence-electron chi connectivity index (χ0n) is 14.2. The Balaban J connectivity index is 1.74. The molecule has 2 aromatic heterocycles. The Bertz CT molecular complexity index is 739. The Morgan fingerprint density at radius 1 is 1.32 bits per heavy atom. The molecule has 0 atom stereocenters. The topological polar surface area (TPSA) is 86.0 Å². The van der Waals surface area contributed by atoms with Crippen molar-refractivity contribution in [2.45, 2.75) is 32.7 Å². The van der Waals surface area contributed by atoms with Gasteiger partial charge in [0.05, 0.1) is 6.54 Å². The van der Waals surface area contributed by atoms with Crippen LogP contribution in [0.15, 0.2) is 46.3 Å². The Hall–Kier alpha value is -2.46. The van der Waals surface area contributed by atoms with Crippen molar-refractivity contribution in [2.75, 3.05) is 6.54 Å². The van der Waals surface area contributed by atoms with Gasteiger partial charge >= 0.3 is 0 Å². The molecule has 0 amide bonds. The molecule has 2 heterocycles. The van der Waals surface area contributed by atoms with Gasteiger partial charge in [-0.1, -0.05) is 0 Å². The van der Waals surface area contributed by atoms with E-state index in [4.69, 9.17) is 5.26 Å². The quantitative estimate of drug-likeness (QED) is 0.245. The number of aromatic nitrogens is 2. The molecule has 0 fully saturated rings. The maximum absolute atomic E-state index is 8.83. The predicted molar refractivity (Wildman–Crippen MR) is 102 cm³/mol. The molecule has 0 radical (unpaired) electrons. The molecule has 130 valence electrons. The van der Waals surface area contributed by atoms with Gasteiger partial charge in [-0.05, 0) is 71.4 Å². The van der Waals surface area contributed by atoms with Gasteiger partial charge < -0.3 is 5.32 Å². The molecule has 7 heteroatoms. The lowest BCUT2D eigenvalue weighted by Gasteiger charge is -2.09. The lowest BCUT2D eigenvalue weighted by Crippen LogP contribution is -2.35. The highest BCUT2D eigenvalue weighted by atomic mass is 79.9. The first-order chi connectivity index (χ1) is 12.2. The molecular formula is C18H21BrN6. The molecule has 25 heavy (non-hydrogen) atoms. The van der Waals surface area contributed by atoms with Gasteiger partial charge in [0.15, 0.2) is 6.19 Å². The maximum atomic E-state index is 8.83. The van der Waals surface area contributed by atoms with Crippen LogP contribution >= 0.6 is 15.9 Å². The van der Waals surface area contributed by atoms with Crippen LogP contribution in [0.2, 0.25) is 0 Å². The predicted octanol–water partition coefficient (Wildman–Crippen LogP) is 3.09. The van der Waals surface area contributed by atoms with Crippen molar-refractivity contribution in [3.63, 3.8) is 0 Å². The van der Waals surface area contributed by atoms with Crippen molar-refractivity contribution >= 4 is 21.9 Å². The number of nitrogens with zero attached hydrogens (tertiary/aromatic N) is 4. The SMILES string of the molecule is Cc1cc(Br)cnc1CCCCNC(=NCc1ccncc1)NC#N. The normalized spacial score (nSPS) is 11.0. The number of hydrogen-bond acceptors (Lipinski definition) is 4. The third-order valence-corrected chi connectivity index (χ3v) is 4.06. The van der Waals surface area contributed by atoms with Gasteiger partial charge in [-0.3, -0.25) is 15.3 Å². The van der Waals surface area contributed by atoms with Crippen LogP contribution in [0.25, 0.3) is 0 Å². The molecule has 0 aromatic carbocycles. The van der Waals surface area contributed by atoms with Gasteiger partial charge in [-0.25, -0.2) is 4.99 Å². The van der Waals surface area contributed by atoms with Crippen molar-refractivity contribution in [3.8, 4) is 6.19 Å². The second-order valence-electron chi connectivity index (χ2n) is 5.56. The molecule has 0 unspecified atom stereocenters. The zero-order valence-corrected chi connectivity index (χ0v) is 15.8. The summed E-state index contributed by atoms with van der Waals surface area (Å²) >= 11 is 3.43. The Kier molecular flexibility index (Phi) is 7.86. The summed E-state index contributed by atoms with van der Waals surface area (Å²) in [6.45, 7) is 3.33. The van der Waals surface area contributed by atoms with Crippen LogP contribution < -0.4 is 10.6 Å². The van der Waals surface area contributed by atoms with E-state index in [1.54, 1.807) is 12.4 Å². The smallest absolute Gasteiger partial charge is 0.205 e. The van der Waals surface area contributed by atoms with E-state index in [1.807, 2.05) is 24.5 Å². The molecule has 0 bridgehead atoms. The number of unbranched alkanes of at least 4 members (excludes halogenated alkanes) is 1. The Morgan fingerprint density at radius 3 is 2.84 bits per heavy atom. The van der Waals surface area contributed by atoms with E-state index >= 15 is 0 Å². The molecule has 2 rings (SSSR count). The van der Waals surface area contributed by atoms with Crippen molar-refractivity contribution in [3.05, 3.63) is 58.1 Å². The summed E-state index contributed by atoms with van der Waals surface area (Å²) in [5.74, 6) is 0.497. The first kappa shape index (κ1) is 18.9. The van der Waals surface area contributed by atoms with Crippen LogP contribution in [0.1, 0.15) is 29.7 Å². The van der Waals surface area contributed by atoms with Gasteiger partial charge in [-0.15, -0.1) is 0 Å². The minimum Gasteiger partial charge on any atom is -0.356 e. The van der Waals surface area contributed by atoms with E-state index in [9.17, 15) is 0 Å². The molecule has 0 aliphatic rings. The molecule has 0 aliphatic heterocycles. The van der Waals surface area contributed by atoms with E-state index in [0.29, 0.717) is 12.5 Å². The Morgan fingerprint density at radius 2 is 2.12 bits per heavy atom. The Labute approximate surface area is 156 Å². The van der Waals surface area contributed by atoms with Crippen molar-refractivity contribution in [2.24, 2.45) is 4.99 Å². The maximum Gasteiger partial charge on any atom is 0.205 e. The summed E-state index contributed by atoms with van der Waals surface area (Å²) in [6.07, 6.45) is 10.1. The lowest BCUT2D eigenvalue weighted by molar-refractivity contribution is 0.691. The molecule has 2 aromatic rings. The van der Waals surface area contributed by atoms with Crippen LogP contribution in [-0.4, -0.2) is 22.5 Å². The fourth-order valence-electron chi connectivity index (χ4n) is 2.31. The molecule has 2 N–H and O–H groups in total. The van der Waals surface area contributed by atoms with E-state index in [-0.39, 0.29) is 0 Å². The van der Waals surface area contributed by atoms with Crippen LogP contribution in [-0.2, 0) is 13.0 Å². The third-order valence-electron chi connectivity index (χ3n) is 3.63. The number of nitrogens with one attached hydrogen (secondary N) is 2. The number of aliphatic imine (C=N–C) groups is 1. The summed E-state index contributed by atoms with van der Waals surface area (Å²) in [6, 6.07) is 5.89. The van der Waals surface area contributed by atoms with Crippen molar-refractivity contribution in [1.29, 1.82) is 5.26 Å². The molecule has 0 aliphatic carbocycles. The number of aryl methyl sites for hydroxylation is 2. The highest BCUT2D eigenvalue weighted by Crippen LogP contribution is 2.14. The molecular weight excluding hydrogens is 380 g/mol. The number of rotatable bonds is 7. The summed E-state index contributed by atoms with van der Waals surface area (Å²) in [7, 11) is 0. The number of halogens is 1. The molecule has 0 spiro atoms. The first-order valence-corrected chi connectivity index (χ1v) is 8.91. The van der Waals surface area contributed by atoms with E-state index in [1.165, 1.54) is 5.56 Å². The average Bonchev–Trinajstić information content (AvgIpc) is 2.62. The standard InChI is InChI=1S/C18H21BrN6/c1-14-10-16(19)12-23-17(14)4-2-3-7-22-18(25-13-20)24-11-15-5-8-21-9-6-15/h5-6,8-10,12H,2-4,7,11H2,1H3,(H2,22,24,25). The van der Waals surface area contributed by atoms with Crippen LogP contribution in [0, 0.1) is 18.4 Å². The van der Waals surface area contributed by atoms with E-state index in [2.05, 4.69) is 54.5 Å². The molecule has 0 saturated carbocycles. The van der Waals surface area contributed by atoms with Crippen LogP contribution in [0.3, 0.4) is 0 Å². The second kappa shape index (κ2) is 10.4. The number of guanidine groups is 1. The van der Waals surface area contributed by atoms with Gasteiger partial charge in [-0.2, -0.15) is 5.26 Å². The summed E-state index contributed by atoms with van der Waals surface area (Å²) in [4.78, 5) is 12.8. The van der Waals surface area contributed by atoms with Gasteiger partial charge in [0.25, 0.3) is 0 Å². The lowest BCUT2D eigenvalue weighted by atomic mass is 10.1. The van der Waals surface area contributed by atoms with Crippen molar-refractivity contribution in [1.82, 2.24) is 20.6 Å². The summed E-state index contributed by atoms with van der Waals surface area (Å²) in [5.41, 5.74) is 3.38. The molecule has 6 nitrogen and oxygen atoms in total. The number of hydrogen-bond donors (Lipinski definition) is 2. The van der Waals surface area contributed by atoms with Crippen LogP contribution in [0.4, 0.5) is 0 Å². The monoisotopic (exact) mass is 400 g/mol. The fourth-order valence-corrected chi connectivity index (χ4v) is 2.75. The summed E-state index contributed by atoms with van der Waals surface area (Å²) < 4.78 is 1.01. The van der Waals surface area contributed by atoms with Crippen molar-refractivity contribution < 1.29 is 0 Å². The van der Waals surface area contributed by atoms with Gasteiger partial charge in [0.2, 0.25) is 5.96 Å². The molecule has 0 saturated heterocycles. The minimum atomic E-state index is 0.497. The third kappa shape index (κ3) is 6.89. The minimum absolute atomic E-state index is 0.497. The largest absolute Gasteiger partial charge is 0.356 e. The van der Waals surface area contributed by atoms with Gasteiger partial charge in [0, 0.05) is 35.3 Å². The van der Waals surface area contributed by atoms with E-state index < -0.39 is 0 Å². The van der Waals surface area contributed by atoms with E-state index in [0.717, 1.165) is 41.5 Å². The highest BCUT2D eigenvalue weighted by Gasteiger charge is 2.02. The van der Waals surface area contributed by atoms with Crippen LogP contribution in [0.5, 0.6) is 0 Å². The average molecular weight is 401 g/mol. The highest BCUT2D eigenvalue weighted by molar-refractivity contribution is 9.10. The number of pyridine rings is 2. The zero-order chi connectivity index (χ0) is 17.9. The fraction of sp³-hybridized carbons (Fsp3) is 0.333. The second-order valence-corrected chi connectivity index (χ2v) is 6.47. The van der Waals surface area contributed by atoms with Gasteiger partial charge in [0.1, 0.15) is 0 Å².